The predicted molar refractivity (Wildman–Crippen MR) is 90.3 cm³/mol. The topological polar surface area (TPSA) is 105 Å². The summed E-state index contributed by atoms with van der Waals surface area (Å²) in [6.45, 7) is 0. The fourth-order valence-electron chi connectivity index (χ4n) is 2.71. The first kappa shape index (κ1) is 20.8. The molecule has 0 bridgehead atoms. The van der Waals surface area contributed by atoms with E-state index in [1.54, 1.807) is 18.2 Å². The molecule has 2 aromatic carbocycles. The second-order valence-electron chi connectivity index (χ2n) is 5.70. The number of halogens is 1. The van der Waals surface area contributed by atoms with E-state index in [0.29, 0.717) is 12.0 Å². The number of benzene rings is 2. The molecule has 0 unspecified atom stereocenters. The zero-order valence-electron chi connectivity index (χ0n) is 14.8. The number of fused-ring (bicyclic) bond motifs is 1. The van der Waals surface area contributed by atoms with Crippen LogP contribution >= 0.6 is 0 Å². The number of carbonyl (C=O) groups is 2. The quantitative estimate of drug-likeness (QED) is 0.461. The van der Waals surface area contributed by atoms with Crippen molar-refractivity contribution in [1.29, 1.82) is 0 Å². The predicted octanol–water partition coefficient (Wildman–Crippen LogP) is -1.07. The number of methoxy groups -OCH3 is 1. The van der Waals surface area contributed by atoms with Gasteiger partial charge >= 0.3 is 35.5 Å². The molecule has 0 aliphatic heterocycles. The Morgan fingerprint density at radius 1 is 1.15 bits per heavy atom. The number of pyridine rings is 1. The first-order valence-corrected chi connectivity index (χ1v) is 7.66. The van der Waals surface area contributed by atoms with E-state index in [1.165, 1.54) is 18.3 Å². The monoisotopic (exact) mass is 376 g/mol. The number of nitrogens with two attached hydrogens (primary N) is 1. The third-order valence-corrected chi connectivity index (χ3v) is 3.98. The number of primary amides is 1. The third-order valence-electron chi connectivity index (χ3n) is 3.98. The molecule has 3 aromatic rings. The van der Waals surface area contributed by atoms with Crippen LogP contribution in [0.15, 0.2) is 42.6 Å². The molecule has 1 amide bonds. The molecule has 2 N–H and O–H groups in total. The fraction of sp³-hybridized carbons (Fsp3) is 0.105. The van der Waals surface area contributed by atoms with Crippen LogP contribution in [0, 0.1) is 5.82 Å². The number of nitrogens with zero attached hydrogens (tertiary/aromatic N) is 1. The van der Waals surface area contributed by atoms with Crippen molar-refractivity contribution >= 4 is 22.8 Å². The van der Waals surface area contributed by atoms with Gasteiger partial charge in [-0.25, -0.2) is 9.18 Å². The van der Waals surface area contributed by atoms with Gasteiger partial charge in [-0.2, -0.15) is 0 Å². The number of rotatable bonds is 4. The van der Waals surface area contributed by atoms with Crippen LogP contribution in [0.2, 0.25) is 0 Å². The second-order valence-corrected chi connectivity index (χ2v) is 5.70. The molecule has 3 rings (SSSR count). The van der Waals surface area contributed by atoms with Crippen molar-refractivity contribution in [3.63, 3.8) is 0 Å². The van der Waals surface area contributed by atoms with Crippen LogP contribution < -0.4 is 40.4 Å². The van der Waals surface area contributed by atoms with Crippen molar-refractivity contribution < 1.29 is 53.4 Å². The average molecular weight is 376 g/mol. The van der Waals surface area contributed by atoms with Crippen molar-refractivity contribution in [3.8, 4) is 5.75 Å². The average Bonchev–Trinajstić information content (AvgIpc) is 2.63. The van der Waals surface area contributed by atoms with Gasteiger partial charge in [0.2, 0.25) is 5.91 Å². The maximum atomic E-state index is 13.0. The molecule has 1 aromatic heterocycles. The minimum atomic E-state index is -0.864. The summed E-state index contributed by atoms with van der Waals surface area (Å²) >= 11 is 0. The smallest absolute Gasteiger partial charge is 0.870 e. The molecule has 27 heavy (non-hydrogen) atoms. The van der Waals surface area contributed by atoms with Crippen LogP contribution in [-0.4, -0.2) is 24.0 Å². The van der Waals surface area contributed by atoms with E-state index in [1.807, 2.05) is 0 Å². The SMILES string of the molecule is COC(=O)c1cc(C(N)=O)c2cc(Cc3ccc(F)cc3)cnc2c1[O-].[Na+]. The summed E-state index contributed by atoms with van der Waals surface area (Å²) in [5, 5.41) is 12.7. The van der Waals surface area contributed by atoms with Crippen LogP contribution in [0.5, 0.6) is 5.75 Å². The number of carbonyl (C=O) groups excluding carboxylic acids is 2. The van der Waals surface area contributed by atoms with E-state index in [2.05, 4.69) is 9.72 Å². The van der Waals surface area contributed by atoms with Crippen molar-refractivity contribution in [3.05, 3.63) is 70.7 Å². The van der Waals surface area contributed by atoms with Gasteiger partial charge in [0.25, 0.3) is 0 Å². The van der Waals surface area contributed by atoms with Gasteiger partial charge in [-0.3, -0.25) is 9.78 Å². The summed E-state index contributed by atoms with van der Waals surface area (Å²) in [6, 6.07) is 8.70. The van der Waals surface area contributed by atoms with Crippen LogP contribution in [0.4, 0.5) is 4.39 Å². The largest absolute Gasteiger partial charge is 1.00 e. The summed E-state index contributed by atoms with van der Waals surface area (Å²) in [5.41, 5.74) is 6.61. The number of hydrogen-bond acceptors (Lipinski definition) is 5. The van der Waals surface area contributed by atoms with Gasteiger partial charge in [-0.1, -0.05) is 17.9 Å². The van der Waals surface area contributed by atoms with Crippen LogP contribution in [0.3, 0.4) is 0 Å². The number of esters is 1. The number of amides is 1. The molecule has 0 aliphatic rings. The van der Waals surface area contributed by atoms with Gasteiger partial charge in [-0.05, 0) is 41.8 Å². The fourth-order valence-corrected chi connectivity index (χ4v) is 2.71. The summed E-state index contributed by atoms with van der Waals surface area (Å²) in [7, 11) is 1.13. The van der Waals surface area contributed by atoms with E-state index in [0.717, 1.165) is 18.7 Å². The maximum absolute atomic E-state index is 13.0. The Bertz CT molecular complexity index is 1020. The molecule has 0 radical (unpaired) electrons. The summed E-state index contributed by atoms with van der Waals surface area (Å²) in [6.07, 6.45) is 1.90. The van der Waals surface area contributed by atoms with Crippen molar-refractivity contribution in [2.24, 2.45) is 5.73 Å². The summed E-state index contributed by atoms with van der Waals surface area (Å²) in [5.74, 6) is -2.63. The molecular formula is C19H14FN2NaO4. The van der Waals surface area contributed by atoms with Gasteiger partial charge in [0.05, 0.1) is 18.2 Å². The van der Waals surface area contributed by atoms with Crippen LogP contribution in [0.1, 0.15) is 31.8 Å². The van der Waals surface area contributed by atoms with E-state index in [9.17, 15) is 19.1 Å². The van der Waals surface area contributed by atoms with E-state index in [-0.39, 0.29) is 57.4 Å². The zero-order valence-corrected chi connectivity index (χ0v) is 16.8. The third kappa shape index (κ3) is 4.27. The molecule has 132 valence electrons. The maximum Gasteiger partial charge on any atom is 1.00 e. The summed E-state index contributed by atoms with van der Waals surface area (Å²) in [4.78, 5) is 27.7. The molecule has 0 fully saturated rings. The molecule has 6 nitrogen and oxygen atoms in total. The molecule has 0 saturated heterocycles. The Hall–Kier alpha value is -2.48. The van der Waals surface area contributed by atoms with Gasteiger partial charge in [0, 0.05) is 17.1 Å². The Morgan fingerprint density at radius 3 is 2.41 bits per heavy atom. The first-order valence-electron chi connectivity index (χ1n) is 7.66. The van der Waals surface area contributed by atoms with E-state index >= 15 is 0 Å². The minimum Gasteiger partial charge on any atom is -0.870 e. The standard InChI is InChI=1S/C19H15FN2O4.Na/c1-26-19(25)15-8-14(18(21)24)13-7-11(9-22-16(13)17(15)23)6-10-2-4-12(20)5-3-10;/h2-5,7-9,23H,6H2,1H3,(H2,21,24);/q;+1/p-1. The minimum absolute atomic E-state index is 0. The Balaban J connectivity index is 0.00000261. The van der Waals surface area contributed by atoms with Crippen molar-refractivity contribution in [2.75, 3.05) is 7.11 Å². The van der Waals surface area contributed by atoms with E-state index < -0.39 is 17.6 Å². The molecule has 0 saturated carbocycles. The van der Waals surface area contributed by atoms with Gasteiger partial charge in [-0.15, -0.1) is 0 Å². The second kappa shape index (κ2) is 8.47. The normalized spacial score (nSPS) is 10.3. The van der Waals surface area contributed by atoms with Crippen molar-refractivity contribution in [2.45, 2.75) is 6.42 Å². The molecule has 1 heterocycles. The number of hydrogen-bond donors (Lipinski definition) is 1. The number of aromatic nitrogens is 1. The van der Waals surface area contributed by atoms with E-state index in [4.69, 9.17) is 5.73 Å². The molecule has 8 heteroatoms. The van der Waals surface area contributed by atoms with Crippen LogP contribution in [-0.2, 0) is 11.2 Å². The molecule has 0 spiro atoms. The summed E-state index contributed by atoms with van der Waals surface area (Å²) < 4.78 is 17.6. The molecule has 0 aliphatic carbocycles. The van der Waals surface area contributed by atoms with Gasteiger partial charge in [0.15, 0.2) is 0 Å². The van der Waals surface area contributed by atoms with Gasteiger partial charge in [0.1, 0.15) is 5.82 Å². The number of ether oxygens (including phenoxy) is 1. The Labute approximate surface area is 176 Å². The van der Waals surface area contributed by atoms with Crippen LogP contribution in [0.25, 0.3) is 10.9 Å². The Kier molecular flexibility index (Phi) is 6.54. The van der Waals surface area contributed by atoms with Gasteiger partial charge < -0.3 is 15.6 Å². The molecular weight excluding hydrogens is 362 g/mol. The zero-order chi connectivity index (χ0) is 18.8. The first-order chi connectivity index (χ1) is 12.4. The van der Waals surface area contributed by atoms with Crippen molar-refractivity contribution in [1.82, 2.24) is 4.98 Å². The molecule has 0 atom stereocenters. The Morgan fingerprint density at radius 2 is 1.81 bits per heavy atom.